The molecule has 0 atom stereocenters. The van der Waals surface area contributed by atoms with Gasteiger partial charge in [0.1, 0.15) is 17.0 Å². The third-order valence-corrected chi connectivity index (χ3v) is 5.09. The average Bonchev–Trinajstić information content (AvgIpc) is 3.36. The lowest BCUT2D eigenvalue weighted by Crippen LogP contribution is -2.25. The second kappa shape index (κ2) is 7.46. The van der Waals surface area contributed by atoms with Crippen LogP contribution in [0.4, 0.5) is 11.8 Å². The van der Waals surface area contributed by atoms with Crippen LogP contribution in [0, 0.1) is 0 Å². The number of aromatic nitrogens is 6. The SMILES string of the molecule is CN(CCC(=O)Nc1nn[nH]n1)c1ncnc2sc(-c3ccccc3)cc12. The Morgan fingerprint density at radius 2 is 2.11 bits per heavy atom. The molecule has 0 bridgehead atoms. The number of benzene rings is 1. The normalized spacial score (nSPS) is 10.9. The van der Waals surface area contributed by atoms with E-state index in [9.17, 15) is 4.79 Å². The van der Waals surface area contributed by atoms with Gasteiger partial charge in [0.15, 0.2) is 0 Å². The molecule has 0 aliphatic heterocycles. The summed E-state index contributed by atoms with van der Waals surface area (Å²) in [5.41, 5.74) is 1.15. The number of carbonyl (C=O) groups is 1. The van der Waals surface area contributed by atoms with Gasteiger partial charge in [0.2, 0.25) is 5.91 Å². The molecule has 0 saturated heterocycles. The summed E-state index contributed by atoms with van der Waals surface area (Å²) in [7, 11) is 1.91. The van der Waals surface area contributed by atoms with Crippen LogP contribution in [0.5, 0.6) is 0 Å². The summed E-state index contributed by atoms with van der Waals surface area (Å²) in [6.07, 6.45) is 1.82. The van der Waals surface area contributed by atoms with Gasteiger partial charge >= 0.3 is 0 Å². The molecule has 0 saturated carbocycles. The fraction of sp³-hybridized carbons (Fsp3) is 0.176. The molecule has 1 amide bonds. The smallest absolute Gasteiger partial charge is 0.269 e. The summed E-state index contributed by atoms with van der Waals surface area (Å²) in [5.74, 6) is 0.770. The highest BCUT2D eigenvalue weighted by Gasteiger charge is 2.14. The molecule has 2 N–H and O–H groups in total. The van der Waals surface area contributed by atoms with Crippen LogP contribution < -0.4 is 10.2 Å². The van der Waals surface area contributed by atoms with Crippen LogP contribution in [0.15, 0.2) is 42.7 Å². The van der Waals surface area contributed by atoms with Crippen molar-refractivity contribution in [3.63, 3.8) is 0 Å². The van der Waals surface area contributed by atoms with Crippen molar-refractivity contribution in [2.75, 3.05) is 23.8 Å². The van der Waals surface area contributed by atoms with E-state index in [1.165, 1.54) is 0 Å². The van der Waals surface area contributed by atoms with Gasteiger partial charge in [-0.2, -0.15) is 5.21 Å². The summed E-state index contributed by atoms with van der Waals surface area (Å²) in [6, 6.07) is 12.3. The molecule has 0 radical (unpaired) electrons. The number of nitrogens with zero attached hydrogens (tertiary/aromatic N) is 6. The maximum atomic E-state index is 12.0. The lowest BCUT2D eigenvalue weighted by Gasteiger charge is -2.18. The molecular weight excluding hydrogens is 364 g/mol. The zero-order valence-corrected chi connectivity index (χ0v) is 15.3. The summed E-state index contributed by atoms with van der Waals surface area (Å²) in [4.78, 5) is 24.8. The number of carbonyl (C=O) groups excluding carboxylic acids is 1. The van der Waals surface area contributed by atoms with E-state index in [0.29, 0.717) is 6.54 Å². The van der Waals surface area contributed by atoms with Crippen LogP contribution in [0.3, 0.4) is 0 Å². The number of tetrazole rings is 1. The molecule has 9 nitrogen and oxygen atoms in total. The molecule has 0 unspecified atom stereocenters. The van der Waals surface area contributed by atoms with E-state index in [0.717, 1.165) is 26.5 Å². The second-order valence-electron chi connectivity index (χ2n) is 5.85. The van der Waals surface area contributed by atoms with Crippen molar-refractivity contribution in [1.29, 1.82) is 0 Å². The number of thiophene rings is 1. The van der Waals surface area contributed by atoms with Crippen molar-refractivity contribution in [3.8, 4) is 10.4 Å². The van der Waals surface area contributed by atoms with Crippen molar-refractivity contribution < 1.29 is 4.79 Å². The summed E-state index contributed by atoms with van der Waals surface area (Å²) in [6.45, 7) is 0.492. The quantitative estimate of drug-likeness (QED) is 0.528. The van der Waals surface area contributed by atoms with E-state index in [1.807, 2.05) is 30.1 Å². The van der Waals surface area contributed by atoms with Crippen LogP contribution in [0.2, 0.25) is 0 Å². The van der Waals surface area contributed by atoms with Crippen LogP contribution in [0.25, 0.3) is 20.7 Å². The third kappa shape index (κ3) is 3.75. The summed E-state index contributed by atoms with van der Waals surface area (Å²) in [5, 5.41) is 16.7. The number of rotatable bonds is 6. The van der Waals surface area contributed by atoms with Crippen molar-refractivity contribution in [2.24, 2.45) is 0 Å². The van der Waals surface area contributed by atoms with Gasteiger partial charge in [-0.15, -0.1) is 16.4 Å². The fourth-order valence-corrected chi connectivity index (χ4v) is 3.67. The lowest BCUT2D eigenvalue weighted by atomic mass is 10.2. The number of fused-ring (bicyclic) bond motifs is 1. The zero-order chi connectivity index (χ0) is 18.6. The van der Waals surface area contributed by atoms with Gasteiger partial charge in [0.05, 0.1) is 5.39 Å². The largest absolute Gasteiger partial charge is 0.359 e. The number of anilines is 2. The Morgan fingerprint density at radius 3 is 2.89 bits per heavy atom. The number of nitrogens with one attached hydrogen (secondary N) is 2. The highest BCUT2D eigenvalue weighted by Crippen LogP contribution is 2.35. The molecule has 3 aromatic heterocycles. The Morgan fingerprint density at radius 1 is 1.26 bits per heavy atom. The van der Waals surface area contributed by atoms with Gasteiger partial charge in [0.25, 0.3) is 5.95 Å². The van der Waals surface area contributed by atoms with E-state index in [2.05, 4.69) is 54.1 Å². The molecule has 3 heterocycles. The standard InChI is InChI=1S/C17H16N8OS/c1-25(8-7-14(26)20-17-21-23-24-22-17)15-12-9-13(11-5-3-2-4-6-11)27-16(12)19-10-18-15/h2-6,9-10H,7-8H2,1H3,(H2,20,21,22,23,24,26). The van der Waals surface area contributed by atoms with Crippen LogP contribution in [-0.2, 0) is 4.79 Å². The monoisotopic (exact) mass is 380 g/mol. The Labute approximate surface area is 158 Å². The highest BCUT2D eigenvalue weighted by atomic mass is 32.1. The van der Waals surface area contributed by atoms with Crippen molar-refractivity contribution in [2.45, 2.75) is 6.42 Å². The molecule has 0 fully saturated rings. The van der Waals surface area contributed by atoms with Gasteiger partial charge in [-0.25, -0.2) is 9.97 Å². The van der Waals surface area contributed by atoms with Crippen LogP contribution in [0.1, 0.15) is 6.42 Å². The van der Waals surface area contributed by atoms with Crippen molar-refractivity contribution in [3.05, 3.63) is 42.7 Å². The first-order valence-electron chi connectivity index (χ1n) is 8.25. The maximum Gasteiger partial charge on any atom is 0.269 e. The van der Waals surface area contributed by atoms with Gasteiger partial charge < -0.3 is 4.90 Å². The van der Waals surface area contributed by atoms with E-state index in [1.54, 1.807) is 17.7 Å². The van der Waals surface area contributed by atoms with E-state index < -0.39 is 0 Å². The summed E-state index contributed by atoms with van der Waals surface area (Å²) >= 11 is 1.63. The average molecular weight is 380 g/mol. The second-order valence-corrected chi connectivity index (χ2v) is 6.88. The topological polar surface area (TPSA) is 113 Å². The first-order chi connectivity index (χ1) is 13.2. The van der Waals surface area contributed by atoms with Crippen LogP contribution >= 0.6 is 11.3 Å². The van der Waals surface area contributed by atoms with E-state index >= 15 is 0 Å². The molecule has 0 aliphatic carbocycles. The lowest BCUT2D eigenvalue weighted by molar-refractivity contribution is -0.116. The molecular formula is C17H16N8OS. The Kier molecular flexibility index (Phi) is 4.71. The van der Waals surface area contributed by atoms with Gasteiger partial charge in [-0.3, -0.25) is 10.1 Å². The number of amides is 1. The van der Waals surface area contributed by atoms with Gasteiger partial charge in [-0.1, -0.05) is 35.4 Å². The predicted molar refractivity (Wildman–Crippen MR) is 104 cm³/mol. The first kappa shape index (κ1) is 17.0. The number of hydrogen-bond acceptors (Lipinski definition) is 8. The van der Waals surface area contributed by atoms with Gasteiger partial charge in [-0.05, 0) is 16.8 Å². The predicted octanol–water partition coefficient (Wildman–Crippen LogP) is 2.34. The molecule has 0 spiro atoms. The Bertz CT molecular complexity index is 1050. The number of H-pyrrole nitrogens is 1. The fourth-order valence-electron chi connectivity index (χ4n) is 2.67. The van der Waals surface area contributed by atoms with Gasteiger partial charge in [0, 0.05) is 24.9 Å². The van der Waals surface area contributed by atoms with E-state index in [4.69, 9.17) is 0 Å². The maximum absolute atomic E-state index is 12.0. The molecule has 10 heteroatoms. The highest BCUT2D eigenvalue weighted by molar-refractivity contribution is 7.21. The minimum Gasteiger partial charge on any atom is -0.359 e. The minimum atomic E-state index is -0.191. The van der Waals surface area contributed by atoms with Crippen molar-refractivity contribution >= 4 is 39.2 Å². The molecule has 1 aromatic carbocycles. The zero-order valence-electron chi connectivity index (χ0n) is 14.5. The minimum absolute atomic E-state index is 0.164. The molecule has 0 aliphatic rings. The molecule has 136 valence electrons. The van der Waals surface area contributed by atoms with E-state index in [-0.39, 0.29) is 18.3 Å². The molecule has 27 heavy (non-hydrogen) atoms. The third-order valence-electron chi connectivity index (χ3n) is 4.00. The molecule has 4 rings (SSSR count). The summed E-state index contributed by atoms with van der Waals surface area (Å²) < 4.78 is 0. The number of aromatic amines is 1. The van der Waals surface area contributed by atoms with Crippen LogP contribution in [-0.4, -0.2) is 50.1 Å². The number of hydrogen-bond donors (Lipinski definition) is 2. The van der Waals surface area contributed by atoms with Crippen molar-refractivity contribution in [1.82, 2.24) is 30.6 Å². The Balaban J connectivity index is 1.50. The molecule has 4 aromatic rings. The Hall–Kier alpha value is -3.40. The first-order valence-corrected chi connectivity index (χ1v) is 9.07.